The van der Waals surface area contributed by atoms with Crippen LogP contribution in [0.1, 0.15) is 31.4 Å². The molecule has 100 valence electrons. The summed E-state index contributed by atoms with van der Waals surface area (Å²) in [7, 11) is 0. The molecule has 0 saturated heterocycles. The van der Waals surface area contributed by atoms with Crippen LogP contribution in [-0.2, 0) is 4.79 Å². The third kappa shape index (κ3) is 2.91. The van der Waals surface area contributed by atoms with E-state index in [1.165, 1.54) is 0 Å². The lowest BCUT2D eigenvalue weighted by Gasteiger charge is -2.34. The predicted octanol–water partition coefficient (Wildman–Crippen LogP) is 1.41. The Morgan fingerprint density at radius 2 is 2.22 bits per heavy atom. The van der Waals surface area contributed by atoms with Gasteiger partial charge in [0.2, 0.25) is 5.91 Å². The molecule has 0 aromatic carbocycles. The molecule has 1 aliphatic carbocycles. The highest BCUT2D eigenvalue weighted by Gasteiger charge is 2.34. The van der Waals surface area contributed by atoms with Gasteiger partial charge in [0.1, 0.15) is 5.76 Å². The molecular formula is C13H20N2O3. The standard InChI is InChI=1S/C13H20N2O3/c1-9-2-3-11(18-9)15-12(16)10-4-6-13(17,8-14)7-5-10/h2-3,10,17H,4-8,14H2,1H3,(H,15,16). The molecule has 1 amide bonds. The van der Waals surface area contributed by atoms with Gasteiger partial charge in [0.25, 0.3) is 0 Å². The molecule has 0 atom stereocenters. The molecule has 18 heavy (non-hydrogen) atoms. The molecule has 1 heterocycles. The number of nitrogens with one attached hydrogen (secondary N) is 1. The van der Waals surface area contributed by atoms with E-state index in [1.807, 2.05) is 13.0 Å². The summed E-state index contributed by atoms with van der Waals surface area (Å²) < 4.78 is 5.31. The zero-order chi connectivity index (χ0) is 13.2. The topological polar surface area (TPSA) is 88.5 Å². The highest BCUT2D eigenvalue weighted by atomic mass is 16.4. The van der Waals surface area contributed by atoms with E-state index in [-0.39, 0.29) is 18.4 Å². The summed E-state index contributed by atoms with van der Waals surface area (Å²) in [5.41, 5.74) is 4.74. The minimum absolute atomic E-state index is 0.0385. The summed E-state index contributed by atoms with van der Waals surface area (Å²) in [4.78, 5) is 12.0. The predicted molar refractivity (Wildman–Crippen MR) is 68.0 cm³/mol. The van der Waals surface area contributed by atoms with Gasteiger partial charge >= 0.3 is 0 Å². The van der Waals surface area contributed by atoms with Crippen LogP contribution in [-0.4, -0.2) is 23.2 Å². The van der Waals surface area contributed by atoms with Crippen LogP contribution in [0.3, 0.4) is 0 Å². The fourth-order valence-electron chi connectivity index (χ4n) is 2.35. The Bertz CT molecular complexity index is 420. The third-order valence-corrected chi connectivity index (χ3v) is 3.65. The maximum Gasteiger partial charge on any atom is 0.229 e. The van der Waals surface area contributed by atoms with Gasteiger partial charge < -0.3 is 15.3 Å². The Morgan fingerprint density at radius 1 is 1.56 bits per heavy atom. The van der Waals surface area contributed by atoms with E-state index in [9.17, 15) is 9.90 Å². The molecule has 0 radical (unpaired) electrons. The molecule has 1 aliphatic rings. The molecular weight excluding hydrogens is 232 g/mol. The van der Waals surface area contributed by atoms with Crippen molar-refractivity contribution in [3.8, 4) is 0 Å². The van der Waals surface area contributed by atoms with E-state index >= 15 is 0 Å². The van der Waals surface area contributed by atoms with Crippen LogP contribution in [0.5, 0.6) is 0 Å². The first-order valence-electron chi connectivity index (χ1n) is 6.32. The van der Waals surface area contributed by atoms with Crippen LogP contribution >= 0.6 is 0 Å². The number of hydrogen-bond donors (Lipinski definition) is 3. The second kappa shape index (κ2) is 5.12. The summed E-state index contributed by atoms with van der Waals surface area (Å²) >= 11 is 0. The van der Waals surface area contributed by atoms with Gasteiger partial charge in [0.15, 0.2) is 5.88 Å². The molecule has 0 unspecified atom stereocenters. The number of aliphatic hydroxyl groups is 1. The number of rotatable bonds is 3. The minimum atomic E-state index is -0.780. The van der Waals surface area contributed by atoms with Crippen LogP contribution in [0, 0.1) is 12.8 Å². The van der Waals surface area contributed by atoms with Crippen molar-refractivity contribution in [1.82, 2.24) is 0 Å². The largest absolute Gasteiger partial charge is 0.446 e. The van der Waals surface area contributed by atoms with Gasteiger partial charge in [-0.2, -0.15) is 0 Å². The summed E-state index contributed by atoms with van der Waals surface area (Å²) in [6.07, 6.45) is 2.50. The first-order valence-corrected chi connectivity index (χ1v) is 6.32. The van der Waals surface area contributed by atoms with Crippen molar-refractivity contribution in [3.63, 3.8) is 0 Å². The first-order chi connectivity index (χ1) is 8.52. The van der Waals surface area contributed by atoms with Crippen molar-refractivity contribution >= 4 is 11.8 Å². The summed E-state index contributed by atoms with van der Waals surface area (Å²) in [6, 6.07) is 3.55. The lowest BCUT2D eigenvalue weighted by molar-refractivity contribution is -0.122. The van der Waals surface area contributed by atoms with Crippen molar-refractivity contribution < 1.29 is 14.3 Å². The van der Waals surface area contributed by atoms with Gasteiger partial charge in [0.05, 0.1) is 5.60 Å². The third-order valence-electron chi connectivity index (χ3n) is 3.65. The summed E-state index contributed by atoms with van der Waals surface area (Å²) in [6.45, 7) is 2.09. The second-order valence-electron chi connectivity index (χ2n) is 5.10. The van der Waals surface area contributed by atoms with E-state index in [0.717, 1.165) is 5.76 Å². The monoisotopic (exact) mass is 252 g/mol. The number of furan rings is 1. The van der Waals surface area contributed by atoms with Crippen LogP contribution in [0.15, 0.2) is 16.5 Å². The number of nitrogens with two attached hydrogens (primary N) is 1. The zero-order valence-corrected chi connectivity index (χ0v) is 10.6. The van der Waals surface area contributed by atoms with Crippen LogP contribution in [0.25, 0.3) is 0 Å². The highest BCUT2D eigenvalue weighted by Crippen LogP contribution is 2.32. The van der Waals surface area contributed by atoms with Crippen LogP contribution in [0.4, 0.5) is 5.88 Å². The average Bonchev–Trinajstić information content (AvgIpc) is 2.75. The quantitative estimate of drug-likeness (QED) is 0.758. The molecule has 5 heteroatoms. The Hall–Kier alpha value is -1.33. The maximum atomic E-state index is 12.0. The van der Waals surface area contributed by atoms with E-state index in [1.54, 1.807) is 6.07 Å². The minimum Gasteiger partial charge on any atom is -0.446 e. The summed E-state index contributed by atoms with van der Waals surface area (Å²) in [5.74, 6) is 1.15. The van der Waals surface area contributed by atoms with Gasteiger partial charge in [-0.25, -0.2) is 0 Å². The molecule has 0 aliphatic heterocycles. The smallest absolute Gasteiger partial charge is 0.229 e. The molecule has 0 spiro atoms. The Morgan fingerprint density at radius 3 is 2.72 bits per heavy atom. The van der Waals surface area contributed by atoms with Gasteiger partial charge in [-0.3, -0.25) is 10.1 Å². The average molecular weight is 252 g/mol. The maximum absolute atomic E-state index is 12.0. The number of carbonyl (C=O) groups is 1. The fraction of sp³-hybridized carbons (Fsp3) is 0.615. The van der Waals surface area contributed by atoms with Crippen molar-refractivity contribution in [3.05, 3.63) is 17.9 Å². The fourth-order valence-corrected chi connectivity index (χ4v) is 2.35. The van der Waals surface area contributed by atoms with E-state index < -0.39 is 5.60 Å². The molecule has 1 fully saturated rings. The highest BCUT2D eigenvalue weighted by molar-refractivity contribution is 5.91. The molecule has 5 nitrogen and oxygen atoms in total. The van der Waals surface area contributed by atoms with Crippen molar-refractivity contribution in [2.24, 2.45) is 11.7 Å². The SMILES string of the molecule is Cc1ccc(NC(=O)C2CCC(O)(CN)CC2)o1. The van der Waals surface area contributed by atoms with Crippen LogP contribution in [0.2, 0.25) is 0 Å². The van der Waals surface area contributed by atoms with Crippen molar-refractivity contribution in [2.45, 2.75) is 38.2 Å². The molecule has 1 aromatic heterocycles. The van der Waals surface area contributed by atoms with Gasteiger partial charge in [0, 0.05) is 18.5 Å². The molecule has 1 saturated carbocycles. The number of carbonyl (C=O) groups excluding carboxylic acids is 1. The second-order valence-corrected chi connectivity index (χ2v) is 5.10. The van der Waals surface area contributed by atoms with Crippen molar-refractivity contribution in [1.29, 1.82) is 0 Å². The normalized spacial score (nSPS) is 28.1. The molecule has 2 rings (SSSR count). The number of hydrogen-bond acceptors (Lipinski definition) is 4. The number of aryl methyl sites for hydroxylation is 1. The Balaban J connectivity index is 1.88. The van der Waals surface area contributed by atoms with Crippen LogP contribution < -0.4 is 11.1 Å². The van der Waals surface area contributed by atoms with E-state index in [4.69, 9.17) is 10.2 Å². The van der Waals surface area contributed by atoms with Gasteiger partial charge in [-0.05, 0) is 38.7 Å². The molecule has 0 bridgehead atoms. The van der Waals surface area contributed by atoms with E-state index in [0.29, 0.717) is 31.6 Å². The number of anilines is 1. The number of amides is 1. The molecule has 4 N–H and O–H groups in total. The summed E-state index contributed by atoms with van der Waals surface area (Å²) in [5, 5.41) is 12.8. The molecule has 1 aromatic rings. The lowest BCUT2D eigenvalue weighted by atomic mass is 9.78. The Kier molecular flexibility index (Phi) is 3.73. The van der Waals surface area contributed by atoms with Gasteiger partial charge in [-0.15, -0.1) is 0 Å². The van der Waals surface area contributed by atoms with Crippen molar-refractivity contribution in [2.75, 3.05) is 11.9 Å². The first kappa shape index (κ1) is 13.1. The Labute approximate surface area is 106 Å². The lowest BCUT2D eigenvalue weighted by Crippen LogP contribution is -2.43. The zero-order valence-electron chi connectivity index (χ0n) is 10.6. The van der Waals surface area contributed by atoms with E-state index in [2.05, 4.69) is 5.32 Å². The van der Waals surface area contributed by atoms with Gasteiger partial charge in [-0.1, -0.05) is 0 Å².